The van der Waals surface area contributed by atoms with E-state index in [0.29, 0.717) is 30.5 Å². The van der Waals surface area contributed by atoms with Crippen LogP contribution < -0.4 is 16.4 Å². The third kappa shape index (κ3) is 5.31. The van der Waals surface area contributed by atoms with Gasteiger partial charge in [-0.15, -0.1) is 0 Å². The quantitative estimate of drug-likeness (QED) is 0.345. The zero-order chi connectivity index (χ0) is 28.9. The van der Waals surface area contributed by atoms with E-state index in [1.54, 1.807) is 4.90 Å². The molecule has 1 aromatic heterocycles. The first-order valence-corrected chi connectivity index (χ1v) is 15.4. The summed E-state index contributed by atoms with van der Waals surface area (Å²) in [6, 6.07) is 5.80. The van der Waals surface area contributed by atoms with Crippen LogP contribution in [0, 0.1) is 29.1 Å². The highest BCUT2D eigenvalue weighted by Gasteiger charge is 2.69. The molecular weight excluding hydrogens is 522 g/mol. The van der Waals surface area contributed by atoms with E-state index >= 15 is 0 Å². The van der Waals surface area contributed by atoms with E-state index in [-0.39, 0.29) is 35.0 Å². The van der Waals surface area contributed by atoms with E-state index in [1.165, 1.54) is 0 Å². The minimum absolute atomic E-state index is 0.0119. The Morgan fingerprint density at radius 3 is 2.51 bits per heavy atom. The molecule has 5 N–H and O–H groups in total. The number of carbonyl (C=O) groups is 3. The number of para-hydroxylation sites is 2. The normalized spacial score (nSPS) is 27.9. The standard InChI is InChI=1S/C31H43N5O5/c1-31(2)19-16-36(25(23(19)31)28(39)33-21(26(37)27(32)38)15-17-9-8-10-17)29(40)24(18-11-4-3-5-12-18)35-30-34-20-13-6-7-14-22(20)41-30/h6-7,13-14,17-19,21,23-26,37H,3-5,8-12,15-16H2,1-2H3,(H2,32,38)(H,33,39)(H,34,35)/t19?,21?,23?,24-,25-,26?/m0/s1. The van der Waals surface area contributed by atoms with Crippen LogP contribution >= 0.6 is 0 Å². The Kier molecular flexibility index (Phi) is 7.46. The van der Waals surface area contributed by atoms with Crippen molar-refractivity contribution in [2.24, 2.45) is 34.8 Å². The van der Waals surface area contributed by atoms with Gasteiger partial charge in [0, 0.05) is 6.54 Å². The number of anilines is 1. The van der Waals surface area contributed by atoms with Crippen molar-refractivity contribution in [3.63, 3.8) is 0 Å². The summed E-state index contributed by atoms with van der Waals surface area (Å²) in [5.41, 5.74) is 6.75. The Morgan fingerprint density at radius 1 is 1.12 bits per heavy atom. The second-order valence-corrected chi connectivity index (χ2v) is 13.4. The second kappa shape index (κ2) is 10.9. The minimum Gasteiger partial charge on any atom is -0.424 e. The summed E-state index contributed by atoms with van der Waals surface area (Å²) in [5, 5.41) is 16.9. The summed E-state index contributed by atoms with van der Waals surface area (Å²) in [5.74, 6) is -0.612. The van der Waals surface area contributed by atoms with Crippen molar-refractivity contribution in [3.05, 3.63) is 24.3 Å². The molecule has 10 heteroatoms. The van der Waals surface area contributed by atoms with Crippen LogP contribution in [-0.2, 0) is 14.4 Å². The van der Waals surface area contributed by atoms with Crippen molar-refractivity contribution in [2.45, 2.75) is 95.9 Å². The van der Waals surface area contributed by atoms with E-state index in [0.717, 1.165) is 56.9 Å². The maximum Gasteiger partial charge on any atom is 0.296 e. The Labute approximate surface area is 240 Å². The van der Waals surface area contributed by atoms with Crippen molar-refractivity contribution in [1.29, 1.82) is 0 Å². The fourth-order valence-corrected chi connectivity index (χ4v) is 7.73. The van der Waals surface area contributed by atoms with Crippen molar-refractivity contribution < 1.29 is 23.9 Å². The summed E-state index contributed by atoms with van der Waals surface area (Å²) in [4.78, 5) is 46.6. The van der Waals surface area contributed by atoms with Gasteiger partial charge >= 0.3 is 0 Å². The number of oxazole rings is 1. The number of nitrogens with one attached hydrogen (secondary N) is 2. The molecule has 0 spiro atoms. The molecule has 2 heterocycles. The van der Waals surface area contributed by atoms with E-state index in [4.69, 9.17) is 10.2 Å². The number of hydrogen-bond donors (Lipinski definition) is 4. The van der Waals surface area contributed by atoms with Crippen LogP contribution in [0.25, 0.3) is 11.1 Å². The fourth-order valence-electron chi connectivity index (χ4n) is 7.73. The molecule has 3 amide bonds. The Balaban J connectivity index is 1.25. The average Bonchev–Trinajstić information content (AvgIpc) is 3.29. The van der Waals surface area contributed by atoms with Gasteiger partial charge in [-0.25, -0.2) is 0 Å². The molecule has 6 rings (SSSR count). The fraction of sp³-hybridized carbons (Fsp3) is 0.677. The Bertz CT molecular complexity index is 1270. The van der Waals surface area contributed by atoms with E-state index in [9.17, 15) is 19.5 Å². The number of amides is 3. The van der Waals surface area contributed by atoms with Crippen LogP contribution in [0.15, 0.2) is 28.7 Å². The summed E-state index contributed by atoms with van der Waals surface area (Å²) >= 11 is 0. The molecule has 1 aliphatic heterocycles. The molecule has 10 nitrogen and oxygen atoms in total. The molecule has 6 atom stereocenters. The monoisotopic (exact) mass is 565 g/mol. The number of nitrogens with zero attached hydrogens (tertiary/aromatic N) is 2. The number of carbonyl (C=O) groups excluding carboxylic acids is 3. The molecule has 41 heavy (non-hydrogen) atoms. The largest absolute Gasteiger partial charge is 0.424 e. The van der Waals surface area contributed by atoms with Crippen molar-refractivity contribution >= 4 is 34.8 Å². The summed E-state index contributed by atoms with van der Waals surface area (Å²) in [6.07, 6.45) is 7.25. The molecule has 2 aromatic rings. The number of rotatable bonds is 10. The van der Waals surface area contributed by atoms with Crippen LogP contribution in [0.1, 0.15) is 71.6 Å². The summed E-state index contributed by atoms with van der Waals surface area (Å²) in [6.45, 7) is 4.78. The maximum atomic E-state index is 14.4. The lowest BCUT2D eigenvalue weighted by Crippen LogP contribution is -2.59. The highest BCUT2D eigenvalue weighted by Crippen LogP contribution is 2.65. The molecular formula is C31H43N5O5. The molecule has 0 bridgehead atoms. The van der Waals surface area contributed by atoms with E-state index < -0.39 is 30.1 Å². The SMILES string of the molecule is CC1(C)C2CN(C(=O)[C@@H](Nc3nc4ccccc4o3)C3CCCCC3)[C@H](C(=O)NC(CC3CCC3)C(O)C(N)=O)C21. The zero-order valence-electron chi connectivity index (χ0n) is 24.1. The van der Waals surface area contributed by atoms with Crippen molar-refractivity contribution in [3.8, 4) is 0 Å². The number of aliphatic hydroxyl groups excluding tert-OH is 1. The molecule has 0 radical (unpaired) electrons. The molecule has 4 unspecified atom stereocenters. The minimum atomic E-state index is -1.47. The van der Waals surface area contributed by atoms with Crippen molar-refractivity contribution in [2.75, 3.05) is 11.9 Å². The van der Waals surface area contributed by atoms with Crippen LogP contribution in [0.2, 0.25) is 0 Å². The van der Waals surface area contributed by atoms with Crippen LogP contribution in [0.3, 0.4) is 0 Å². The summed E-state index contributed by atoms with van der Waals surface area (Å²) in [7, 11) is 0. The molecule has 4 aliphatic rings. The molecule has 3 aliphatic carbocycles. The van der Waals surface area contributed by atoms with Gasteiger partial charge in [0.1, 0.15) is 17.6 Å². The number of benzene rings is 1. The molecule has 1 aromatic carbocycles. The number of aliphatic hydroxyl groups is 1. The number of piperidine rings is 1. The van der Waals surface area contributed by atoms with Gasteiger partial charge in [0.2, 0.25) is 17.7 Å². The van der Waals surface area contributed by atoms with Crippen LogP contribution in [-0.4, -0.2) is 63.5 Å². The third-order valence-electron chi connectivity index (χ3n) is 10.5. The average molecular weight is 566 g/mol. The van der Waals surface area contributed by atoms with Crippen molar-refractivity contribution in [1.82, 2.24) is 15.2 Å². The van der Waals surface area contributed by atoms with Crippen LogP contribution in [0.4, 0.5) is 6.01 Å². The third-order valence-corrected chi connectivity index (χ3v) is 10.5. The number of nitrogens with two attached hydrogens (primary N) is 1. The van der Waals surface area contributed by atoms with Gasteiger partial charge in [-0.05, 0) is 60.5 Å². The zero-order valence-corrected chi connectivity index (χ0v) is 24.1. The first-order chi connectivity index (χ1) is 19.6. The van der Waals surface area contributed by atoms with E-state index in [1.807, 2.05) is 24.3 Å². The smallest absolute Gasteiger partial charge is 0.296 e. The van der Waals surface area contributed by atoms with E-state index in [2.05, 4.69) is 29.5 Å². The van der Waals surface area contributed by atoms with Crippen LogP contribution in [0.5, 0.6) is 0 Å². The molecule has 1 saturated heterocycles. The maximum absolute atomic E-state index is 14.4. The topological polar surface area (TPSA) is 151 Å². The Morgan fingerprint density at radius 2 is 1.85 bits per heavy atom. The number of hydrogen-bond acceptors (Lipinski definition) is 7. The lowest BCUT2D eigenvalue weighted by atomic mass is 9.79. The summed E-state index contributed by atoms with van der Waals surface area (Å²) < 4.78 is 5.95. The van der Waals surface area contributed by atoms with Gasteiger partial charge < -0.3 is 30.8 Å². The number of primary amides is 1. The first kappa shape index (κ1) is 28.0. The lowest BCUT2D eigenvalue weighted by Gasteiger charge is -2.37. The molecule has 222 valence electrons. The Hall–Kier alpha value is -3.14. The van der Waals surface area contributed by atoms with Gasteiger partial charge in [-0.3, -0.25) is 14.4 Å². The molecule has 3 saturated carbocycles. The molecule has 4 fully saturated rings. The van der Waals surface area contributed by atoms with Gasteiger partial charge in [-0.2, -0.15) is 4.98 Å². The van der Waals surface area contributed by atoms with Gasteiger partial charge in [-0.1, -0.05) is 64.5 Å². The lowest BCUT2D eigenvalue weighted by molar-refractivity contribution is -0.143. The highest BCUT2D eigenvalue weighted by molar-refractivity contribution is 5.93. The predicted octanol–water partition coefficient (Wildman–Crippen LogP) is 3.19. The van der Waals surface area contributed by atoms with Gasteiger partial charge in [0.25, 0.3) is 6.01 Å². The second-order valence-electron chi connectivity index (χ2n) is 13.4. The predicted molar refractivity (Wildman–Crippen MR) is 153 cm³/mol. The first-order valence-electron chi connectivity index (χ1n) is 15.4. The number of likely N-dealkylation sites (tertiary alicyclic amines) is 1. The van der Waals surface area contributed by atoms with Gasteiger partial charge in [0.05, 0.1) is 6.04 Å². The van der Waals surface area contributed by atoms with Gasteiger partial charge in [0.15, 0.2) is 11.7 Å². The number of fused-ring (bicyclic) bond motifs is 2. The highest BCUT2D eigenvalue weighted by atomic mass is 16.4. The number of aromatic nitrogens is 1.